The van der Waals surface area contributed by atoms with Crippen molar-refractivity contribution in [3.05, 3.63) is 33.3 Å². The highest BCUT2D eigenvalue weighted by Crippen LogP contribution is 2.20. The molecule has 0 radical (unpaired) electrons. The molecule has 14 heavy (non-hydrogen) atoms. The van der Waals surface area contributed by atoms with Crippen LogP contribution in [0.15, 0.2) is 22.7 Å². The molecule has 0 unspecified atom stereocenters. The zero-order chi connectivity index (χ0) is 10.6. The number of halogens is 2. The van der Waals surface area contributed by atoms with Gasteiger partial charge >= 0.3 is 5.97 Å². The number of ether oxygens (including phenoxy) is 1. The number of hydrogen-bond acceptors (Lipinski definition) is 2. The summed E-state index contributed by atoms with van der Waals surface area (Å²) in [6.07, 6.45) is 0.813. The molecule has 1 aromatic rings. The summed E-state index contributed by atoms with van der Waals surface area (Å²) in [5.74, 6) is -0.338. The Morgan fingerprint density at radius 2 is 2.21 bits per heavy atom. The molecule has 1 aromatic carbocycles. The van der Waals surface area contributed by atoms with Crippen molar-refractivity contribution in [1.82, 2.24) is 0 Å². The van der Waals surface area contributed by atoms with Crippen LogP contribution in [0.25, 0.3) is 0 Å². The molecular weight excluding hydrogens is 267 g/mol. The van der Waals surface area contributed by atoms with E-state index >= 15 is 0 Å². The second kappa shape index (κ2) is 5.37. The molecule has 0 heterocycles. The van der Waals surface area contributed by atoms with Crippen LogP contribution in [0, 0.1) is 0 Å². The molecule has 0 atom stereocenters. The summed E-state index contributed by atoms with van der Waals surface area (Å²) in [6.45, 7) is 2.38. The van der Waals surface area contributed by atoms with E-state index in [9.17, 15) is 4.79 Å². The van der Waals surface area contributed by atoms with Crippen LogP contribution in [-0.2, 0) is 4.74 Å². The van der Waals surface area contributed by atoms with Crippen LogP contribution in [0.5, 0.6) is 0 Å². The fourth-order valence-electron chi connectivity index (χ4n) is 0.950. The van der Waals surface area contributed by atoms with E-state index in [1.807, 2.05) is 6.92 Å². The predicted octanol–water partition coefficient (Wildman–Crippen LogP) is 3.67. The van der Waals surface area contributed by atoms with E-state index in [1.165, 1.54) is 0 Å². The quantitative estimate of drug-likeness (QED) is 0.788. The molecule has 2 nitrogen and oxygen atoms in total. The van der Waals surface area contributed by atoms with Gasteiger partial charge in [0.15, 0.2) is 0 Å². The lowest BCUT2D eigenvalue weighted by Gasteiger charge is -2.03. The van der Waals surface area contributed by atoms with Gasteiger partial charge in [-0.05, 0) is 24.6 Å². The molecule has 0 saturated heterocycles. The van der Waals surface area contributed by atoms with Crippen LogP contribution in [0.3, 0.4) is 0 Å². The molecule has 0 aliphatic heterocycles. The lowest BCUT2D eigenvalue weighted by Crippen LogP contribution is -2.05. The molecule has 0 aliphatic rings. The van der Waals surface area contributed by atoms with Crippen molar-refractivity contribution in [3.8, 4) is 0 Å². The van der Waals surface area contributed by atoms with Crippen LogP contribution in [0.2, 0.25) is 5.02 Å². The molecule has 0 fully saturated rings. The van der Waals surface area contributed by atoms with Gasteiger partial charge in [-0.3, -0.25) is 0 Å². The van der Waals surface area contributed by atoms with Crippen molar-refractivity contribution in [2.75, 3.05) is 6.61 Å². The predicted molar refractivity (Wildman–Crippen MR) is 59.7 cm³/mol. The summed E-state index contributed by atoms with van der Waals surface area (Å²) >= 11 is 9.05. The van der Waals surface area contributed by atoms with Crippen molar-refractivity contribution in [2.24, 2.45) is 0 Å². The summed E-state index contributed by atoms with van der Waals surface area (Å²) in [6, 6.07) is 4.99. The minimum atomic E-state index is -0.338. The van der Waals surface area contributed by atoms with Gasteiger partial charge < -0.3 is 4.74 Å². The van der Waals surface area contributed by atoms with E-state index in [-0.39, 0.29) is 5.97 Å². The Balaban J connectivity index is 2.79. The van der Waals surface area contributed by atoms with Crippen LogP contribution < -0.4 is 0 Å². The van der Waals surface area contributed by atoms with E-state index in [0.29, 0.717) is 17.2 Å². The molecule has 0 aromatic heterocycles. The molecule has 76 valence electrons. The third-order valence-corrected chi connectivity index (χ3v) is 2.21. The van der Waals surface area contributed by atoms with Gasteiger partial charge in [-0.2, -0.15) is 0 Å². The largest absolute Gasteiger partial charge is 0.462 e. The van der Waals surface area contributed by atoms with Crippen molar-refractivity contribution in [2.45, 2.75) is 13.3 Å². The molecule has 1 rings (SSSR count). The average molecular weight is 278 g/mol. The maximum atomic E-state index is 11.4. The van der Waals surface area contributed by atoms with Crippen molar-refractivity contribution >= 4 is 33.5 Å². The smallest absolute Gasteiger partial charge is 0.338 e. The Bertz CT molecular complexity index is 319. The summed E-state index contributed by atoms with van der Waals surface area (Å²) in [7, 11) is 0. The lowest BCUT2D eigenvalue weighted by molar-refractivity contribution is 0.0505. The van der Waals surface area contributed by atoms with Crippen LogP contribution >= 0.6 is 27.5 Å². The number of benzene rings is 1. The van der Waals surface area contributed by atoms with Crippen LogP contribution in [-0.4, -0.2) is 12.6 Å². The molecule has 0 amide bonds. The van der Waals surface area contributed by atoms with Crippen LogP contribution in [0.4, 0.5) is 0 Å². The Morgan fingerprint density at radius 1 is 1.50 bits per heavy atom. The minimum absolute atomic E-state index is 0.338. The highest BCUT2D eigenvalue weighted by molar-refractivity contribution is 9.10. The maximum absolute atomic E-state index is 11.4. The topological polar surface area (TPSA) is 26.3 Å². The molecule has 0 N–H and O–H groups in total. The highest BCUT2D eigenvalue weighted by Gasteiger charge is 2.08. The van der Waals surface area contributed by atoms with Crippen LogP contribution in [0.1, 0.15) is 23.7 Å². The first-order valence-electron chi connectivity index (χ1n) is 4.26. The monoisotopic (exact) mass is 276 g/mol. The maximum Gasteiger partial charge on any atom is 0.338 e. The van der Waals surface area contributed by atoms with Gasteiger partial charge in [0.25, 0.3) is 0 Å². The Kier molecular flexibility index (Phi) is 4.42. The van der Waals surface area contributed by atoms with Gasteiger partial charge in [-0.25, -0.2) is 4.79 Å². The minimum Gasteiger partial charge on any atom is -0.462 e. The third-order valence-electron chi connectivity index (χ3n) is 1.54. The SMILES string of the molecule is CCCOC(=O)c1cc(Cl)cc(Br)c1. The van der Waals surface area contributed by atoms with Crippen molar-refractivity contribution < 1.29 is 9.53 Å². The fourth-order valence-corrected chi connectivity index (χ4v) is 1.81. The summed E-state index contributed by atoms with van der Waals surface area (Å²) in [4.78, 5) is 11.4. The van der Waals surface area contributed by atoms with Gasteiger partial charge in [-0.1, -0.05) is 34.5 Å². The van der Waals surface area contributed by atoms with E-state index < -0.39 is 0 Å². The summed E-state index contributed by atoms with van der Waals surface area (Å²) < 4.78 is 5.74. The first kappa shape index (κ1) is 11.5. The Morgan fingerprint density at radius 3 is 2.79 bits per heavy atom. The fraction of sp³-hybridized carbons (Fsp3) is 0.300. The third kappa shape index (κ3) is 3.31. The van der Waals surface area contributed by atoms with E-state index in [4.69, 9.17) is 16.3 Å². The van der Waals surface area contributed by atoms with Gasteiger partial charge in [-0.15, -0.1) is 0 Å². The number of hydrogen-bond donors (Lipinski definition) is 0. The van der Waals surface area contributed by atoms with E-state index in [2.05, 4.69) is 15.9 Å². The van der Waals surface area contributed by atoms with E-state index in [1.54, 1.807) is 18.2 Å². The normalized spacial score (nSPS) is 9.93. The number of carbonyl (C=O) groups is 1. The van der Waals surface area contributed by atoms with Gasteiger partial charge in [0.05, 0.1) is 12.2 Å². The van der Waals surface area contributed by atoms with Gasteiger partial charge in [0.2, 0.25) is 0 Å². The Labute approximate surface area is 96.3 Å². The first-order chi connectivity index (χ1) is 6.63. The molecular formula is C10H10BrClO2. The Hall–Kier alpha value is -0.540. The number of carbonyl (C=O) groups excluding carboxylic acids is 1. The second-order valence-electron chi connectivity index (χ2n) is 2.79. The molecule has 0 bridgehead atoms. The van der Waals surface area contributed by atoms with Crippen molar-refractivity contribution in [1.29, 1.82) is 0 Å². The summed E-state index contributed by atoms with van der Waals surface area (Å²) in [5.41, 5.74) is 0.470. The standard InChI is InChI=1S/C10H10BrClO2/c1-2-3-14-10(13)7-4-8(11)6-9(12)5-7/h4-6H,2-3H2,1H3. The number of rotatable bonds is 3. The zero-order valence-corrected chi connectivity index (χ0v) is 10.1. The molecule has 0 spiro atoms. The molecule has 4 heteroatoms. The molecule has 0 saturated carbocycles. The first-order valence-corrected chi connectivity index (χ1v) is 5.44. The van der Waals surface area contributed by atoms with Gasteiger partial charge in [0.1, 0.15) is 0 Å². The second-order valence-corrected chi connectivity index (χ2v) is 4.15. The number of esters is 1. The average Bonchev–Trinajstić information content (AvgIpc) is 2.12. The van der Waals surface area contributed by atoms with Crippen molar-refractivity contribution in [3.63, 3.8) is 0 Å². The van der Waals surface area contributed by atoms with Gasteiger partial charge in [0, 0.05) is 9.50 Å². The zero-order valence-electron chi connectivity index (χ0n) is 7.72. The lowest BCUT2D eigenvalue weighted by atomic mass is 10.2. The van der Waals surface area contributed by atoms with E-state index in [0.717, 1.165) is 10.9 Å². The highest BCUT2D eigenvalue weighted by atomic mass is 79.9. The summed E-state index contributed by atoms with van der Waals surface area (Å²) in [5, 5.41) is 0.517. The molecule has 0 aliphatic carbocycles.